The van der Waals surface area contributed by atoms with E-state index in [4.69, 9.17) is 9.84 Å². The first-order valence-corrected chi connectivity index (χ1v) is 10.5. The number of guanidine groups is 1. The van der Waals surface area contributed by atoms with Crippen LogP contribution in [0.4, 0.5) is 0 Å². The van der Waals surface area contributed by atoms with Gasteiger partial charge in [0.05, 0.1) is 18.0 Å². The minimum Gasteiger partial charge on any atom is -0.493 e. The second kappa shape index (κ2) is 10.7. The van der Waals surface area contributed by atoms with Crippen molar-refractivity contribution in [3.05, 3.63) is 76.6 Å². The highest BCUT2D eigenvalue weighted by Gasteiger charge is 2.14. The molecule has 6 nitrogen and oxygen atoms in total. The van der Waals surface area contributed by atoms with Crippen LogP contribution < -0.4 is 15.4 Å². The van der Waals surface area contributed by atoms with E-state index in [0.29, 0.717) is 6.54 Å². The van der Waals surface area contributed by atoms with Gasteiger partial charge in [0.25, 0.3) is 0 Å². The van der Waals surface area contributed by atoms with Crippen LogP contribution in [0.1, 0.15) is 28.1 Å². The second-order valence-electron chi connectivity index (χ2n) is 7.54. The van der Waals surface area contributed by atoms with Crippen LogP contribution in [0.15, 0.2) is 53.5 Å². The Balaban J connectivity index is 0.00000272. The van der Waals surface area contributed by atoms with Crippen LogP contribution >= 0.6 is 24.0 Å². The Morgan fingerprint density at radius 3 is 2.71 bits per heavy atom. The standard InChI is InChI=1S/C24H29N5O.HI/c1-17-22(18(2)29(28-17)21-7-5-4-6-8-21)16-27-24(25-3)26-13-11-19-9-10-23-20(15-19)12-14-30-23;/h4-10,15H,11-14,16H2,1-3H3,(H2,25,26,27);1H. The van der Waals surface area contributed by atoms with Gasteiger partial charge in [0, 0.05) is 37.8 Å². The predicted molar refractivity (Wildman–Crippen MR) is 136 cm³/mol. The summed E-state index contributed by atoms with van der Waals surface area (Å²) in [4.78, 5) is 4.36. The number of rotatable bonds is 6. The molecule has 0 saturated heterocycles. The number of halogens is 1. The minimum atomic E-state index is 0. The van der Waals surface area contributed by atoms with Gasteiger partial charge < -0.3 is 15.4 Å². The number of ether oxygens (including phenoxy) is 1. The molecule has 0 unspecified atom stereocenters. The first-order valence-electron chi connectivity index (χ1n) is 10.5. The Morgan fingerprint density at radius 2 is 1.94 bits per heavy atom. The summed E-state index contributed by atoms with van der Waals surface area (Å²) in [5, 5.41) is 11.6. The molecular formula is C24H30IN5O. The fraction of sp³-hybridized carbons (Fsp3) is 0.333. The lowest BCUT2D eigenvalue weighted by Crippen LogP contribution is -2.38. The topological polar surface area (TPSA) is 63.5 Å². The maximum atomic E-state index is 5.59. The first kappa shape index (κ1) is 23.1. The van der Waals surface area contributed by atoms with Gasteiger partial charge in [0.1, 0.15) is 5.75 Å². The van der Waals surface area contributed by atoms with Crippen LogP contribution in [0.5, 0.6) is 5.75 Å². The summed E-state index contributed by atoms with van der Waals surface area (Å²) in [5.41, 5.74) is 7.07. The minimum absolute atomic E-state index is 0. The Morgan fingerprint density at radius 1 is 1.13 bits per heavy atom. The van der Waals surface area contributed by atoms with E-state index in [0.717, 1.165) is 54.8 Å². The van der Waals surface area contributed by atoms with Crippen LogP contribution in [-0.2, 0) is 19.4 Å². The van der Waals surface area contributed by atoms with Crippen LogP contribution in [0.3, 0.4) is 0 Å². The zero-order valence-corrected chi connectivity index (χ0v) is 20.6. The number of fused-ring (bicyclic) bond motifs is 1. The van der Waals surface area contributed by atoms with Crippen molar-refractivity contribution in [2.75, 3.05) is 20.2 Å². The van der Waals surface area contributed by atoms with E-state index in [1.54, 1.807) is 7.05 Å². The first-order chi connectivity index (χ1) is 14.7. The van der Waals surface area contributed by atoms with Crippen LogP contribution in [0, 0.1) is 13.8 Å². The molecule has 2 aromatic carbocycles. The summed E-state index contributed by atoms with van der Waals surface area (Å²) < 4.78 is 7.59. The smallest absolute Gasteiger partial charge is 0.191 e. The van der Waals surface area contributed by atoms with Crippen molar-refractivity contribution >= 4 is 29.9 Å². The third kappa shape index (κ3) is 5.39. The van der Waals surface area contributed by atoms with E-state index >= 15 is 0 Å². The van der Waals surface area contributed by atoms with Crippen molar-refractivity contribution < 1.29 is 4.74 Å². The number of benzene rings is 2. The number of para-hydroxylation sites is 1. The molecule has 0 bridgehead atoms. The fourth-order valence-corrected chi connectivity index (χ4v) is 3.86. The van der Waals surface area contributed by atoms with Crippen LogP contribution in [0.25, 0.3) is 5.69 Å². The van der Waals surface area contributed by atoms with E-state index in [1.165, 1.54) is 16.7 Å². The van der Waals surface area contributed by atoms with Crippen molar-refractivity contribution in [2.24, 2.45) is 4.99 Å². The summed E-state index contributed by atoms with van der Waals surface area (Å²) in [5.74, 6) is 1.83. The zero-order chi connectivity index (χ0) is 20.9. The van der Waals surface area contributed by atoms with Crippen molar-refractivity contribution in [1.29, 1.82) is 0 Å². The molecule has 0 fully saturated rings. The van der Waals surface area contributed by atoms with E-state index < -0.39 is 0 Å². The molecule has 0 atom stereocenters. The van der Waals surface area contributed by atoms with Crippen molar-refractivity contribution in [3.8, 4) is 11.4 Å². The fourth-order valence-electron chi connectivity index (χ4n) is 3.86. The van der Waals surface area contributed by atoms with Gasteiger partial charge in [-0.2, -0.15) is 5.10 Å². The third-order valence-electron chi connectivity index (χ3n) is 5.56. The molecule has 1 aliphatic rings. The Hall–Kier alpha value is -2.55. The number of hydrogen-bond acceptors (Lipinski definition) is 3. The molecule has 164 valence electrons. The normalized spacial score (nSPS) is 12.7. The molecule has 1 aromatic heterocycles. The maximum absolute atomic E-state index is 5.59. The highest BCUT2D eigenvalue weighted by Crippen LogP contribution is 2.25. The summed E-state index contributed by atoms with van der Waals surface area (Å²) >= 11 is 0. The van der Waals surface area contributed by atoms with Gasteiger partial charge in [0.15, 0.2) is 5.96 Å². The second-order valence-corrected chi connectivity index (χ2v) is 7.54. The van der Waals surface area contributed by atoms with Gasteiger partial charge in [-0.05, 0) is 49.6 Å². The quantitative estimate of drug-likeness (QED) is 0.287. The molecule has 0 spiro atoms. The van der Waals surface area contributed by atoms with Gasteiger partial charge in [-0.25, -0.2) is 4.68 Å². The summed E-state index contributed by atoms with van der Waals surface area (Å²) in [7, 11) is 1.80. The Bertz CT molecular complexity index is 1050. The molecule has 3 aromatic rings. The van der Waals surface area contributed by atoms with E-state index in [9.17, 15) is 0 Å². The van der Waals surface area contributed by atoms with Gasteiger partial charge >= 0.3 is 0 Å². The highest BCUT2D eigenvalue weighted by molar-refractivity contribution is 14.0. The summed E-state index contributed by atoms with van der Waals surface area (Å²) in [6, 6.07) is 16.7. The highest BCUT2D eigenvalue weighted by atomic mass is 127. The summed E-state index contributed by atoms with van der Waals surface area (Å²) in [6.07, 6.45) is 1.95. The lowest BCUT2D eigenvalue weighted by atomic mass is 10.1. The lowest BCUT2D eigenvalue weighted by molar-refractivity contribution is 0.357. The Kier molecular flexibility index (Phi) is 7.95. The number of nitrogens with one attached hydrogen (secondary N) is 2. The molecule has 31 heavy (non-hydrogen) atoms. The largest absolute Gasteiger partial charge is 0.493 e. The molecule has 0 amide bonds. The van der Waals surface area contributed by atoms with Crippen molar-refractivity contribution in [1.82, 2.24) is 20.4 Å². The monoisotopic (exact) mass is 531 g/mol. The summed E-state index contributed by atoms with van der Waals surface area (Å²) in [6.45, 7) is 6.46. The maximum Gasteiger partial charge on any atom is 0.191 e. The van der Waals surface area contributed by atoms with Gasteiger partial charge in [-0.15, -0.1) is 24.0 Å². The molecule has 2 N–H and O–H groups in total. The predicted octanol–water partition coefficient (Wildman–Crippen LogP) is 3.95. The van der Waals surface area contributed by atoms with Gasteiger partial charge in [-0.1, -0.05) is 30.3 Å². The SMILES string of the molecule is CN=C(NCCc1ccc2c(c1)CCO2)NCc1c(C)nn(-c2ccccc2)c1C.I. The average molecular weight is 531 g/mol. The zero-order valence-electron chi connectivity index (χ0n) is 18.3. The molecule has 0 aliphatic carbocycles. The molecule has 4 rings (SSSR count). The molecular weight excluding hydrogens is 501 g/mol. The molecule has 0 saturated carbocycles. The average Bonchev–Trinajstić information content (AvgIpc) is 3.35. The Labute approximate surface area is 201 Å². The number of aryl methyl sites for hydroxylation is 1. The molecule has 2 heterocycles. The number of nitrogens with zero attached hydrogens (tertiary/aromatic N) is 3. The van der Waals surface area contributed by atoms with Crippen LogP contribution in [0.2, 0.25) is 0 Å². The molecule has 7 heteroatoms. The van der Waals surface area contributed by atoms with Gasteiger partial charge in [-0.3, -0.25) is 4.99 Å². The van der Waals surface area contributed by atoms with E-state index in [-0.39, 0.29) is 24.0 Å². The van der Waals surface area contributed by atoms with Crippen molar-refractivity contribution in [2.45, 2.75) is 33.2 Å². The van der Waals surface area contributed by atoms with Crippen LogP contribution in [-0.4, -0.2) is 35.9 Å². The number of aromatic nitrogens is 2. The third-order valence-corrected chi connectivity index (χ3v) is 5.56. The van der Waals surface area contributed by atoms with Crippen molar-refractivity contribution in [3.63, 3.8) is 0 Å². The molecule has 1 aliphatic heterocycles. The number of aliphatic imine (C=N–C) groups is 1. The lowest BCUT2D eigenvalue weighted by Gasteiger charge is -2.13. The molecule has 0 radical (unpaired) electrons. The van der Waals surface area contributed by atoms with E-state index in [1.807, 2.05) is 22.9 Å². The number of hydrogen-bond donors (Lipinski definition) is 2. The van der Waals surface area contributed by atoms with Gasteiger partial charge in [0.2, 0.25) is 0 Å². The van der Waals surface area contributed by atoms with E-state index in [2.05, 4.69) is 59.8 Å².